The minimum Gasteiger partial charge on any atom is -0.323 e. The number of hydrogen-bond acceptors (Lipinski definition) is 3. The lowest BCUT2D eigenvalue weighted by Gasteiger charge is -2.02. The van der Waals surface area contributed by atoms with Gasteiger partial charge in [0.05, 0.1) is 11.7 Å². The summed E-state index contributed by atoms with van der Waals surface area (Å²) in [6, 6.07) is 9.93. The van der Waals surface area contributed by atoms with Gasteiger partial charge in [-0.05, 0) is 29.3 Å². The molecule has 2 aromatic heterocycles. The summed E-state index contributed by atoms with van der Waals surface area (Å²) in [6.45, 7) is 0. The van der Waals surface area contributed by atoms with Gasteiger partial charge < -0.3 is 5.84 Å². The molecule has 0 saturated heterocycles. The predicted octanol–water partition coefficient (Wildman–Crippen LogP) is 1.81. The van der Waals surface area contributed by atoms with Crippen LogP contribution in [0.25, 0.3) is 22.0 Å². The van der Waals surface area contributed by atoms with E-state index in [0.717, 1.165) is 22.0 Å². The fourth-order valence-corrected chi connectivity index (χ4v) is 1.85. The number of pyridine rings is 1. The Balaban J connectivity index is 2.32. The van der Waals surface area contributed by atoms with Gasteiger partial charge in [-0.3, -0.25) is 4.98 Å². The van der Waals surface area contributed by atoms with E-state index in [1.54, 1.807) is 18.6 Å². The molecule has 2 heterocycles. The van der Waals surface area contributed by atoms with Crippen molar-refractivity contribution in [2.75, 3.05) is 5.84 Å². The summed E-state index contributed by atoms with van der Waals surface area (Å²) >= 11 is 0. The molecule has 3 rings (SSSR count). The van der Waals surface area contributed by atoms with Gasteiger partial charge in [0.2, 0.25) is 0 Å². The Labute approximate surface area is 92.3 Å². The number of nitrogens with zero attached hydrogens (tertiary/aromatic N) is 3. The molecule has 0 fully saturated rings. The van der Waals surface area contributed by atoms with Crippen LogP contribution in [0.2, 0.25) is 0 Å². The zero-order valence-electron chi connectivity index (χ0n) is 8.54. The molecule has 0 aliphatic rings. The minimum atomic E-state index is 0.925. The SMILES string of the molecule is Nn1ncc2c(-c3ccncc3)cccc21. The lowest BCUT2D eigenvalue weighted by molar-refractivity contribution is 0.863. The van der Waals surface area contributed by atoms with Gasteiger partial charge in [-0.1, -0.05) is 12.1 Å². The van der Waals surface area contributed by atoms with E-state index >= 15 is 0 Å². The summed E-state index contributed by atoms with van der Waals surface area (Å²) in [5.41, 5.74) is 3.17. The molecule has 0 unspecified atom stereocenters. The van der Waals surface area contributed by atoms with Crippen LogP contribution in [0.3, 0.4) is 0 Å². The average molecular weight is 210 g/mol. The van der Waals surface area contributed by atoms with Crippen molar-refractivity contribution in [1.82, 2.24) is 14.9 Å². The van der Waals surface area contributed by atoms with Crippen LogP contribution in [0.4, 0.5) is 0 Å². The third-order valence-corrected chi connectivity index (χ3v) is 2.63. The number of nitrogens with two attached hydrogens (primary N) is 1. The van der Waals surface area contributed by atoms with Crippen molar-refractivity contribution in [1.29, 1.82) is 0 Å². The molecule has 3 aromatic rings. The molecule has 0 aliphatic carbocycles. The number of fused-ring (bicyclic) bond motifs is 1. The van der Waals surface area contributed by atoms with Crippen LogP contribution < -0.4 is 5.84 Å². The largest absolute Gasteiger partial charge is 0.323 e. The van der Waals surface area contributed by atoms with Gasteiger partial charge >= 0.3 is 0 Å². The van der Waals surface area contributed by atoms with Gasteiger partial charge in [0, 0.05) is 17.8 Å². The minimum absolute atomic E-state index is 0.925. The molecule has 2 N–H and O–H groups in total. The molecule has 16 heavy (non-hydrogen) atoms. The fraction of sp³-hybridized carbons (Fsp3) is 0. The van der Waals surface area contributed by atoms with Crippen LogP contribution in [-0.4, -0.2) is 14.9 Å². The second-order valence-corrected chi connectivity index (χ2v) is 3.56. The number of hydrogen-bond donors (Lipinski definition) is 1. The molecule has 4 heteroatoms. The topological polar surface area (TPSA) is 56.7 Å². The summed E-state index contributed by atoms with van der Waals surface area (Å²) in [5, 5.41) is 5.11. The number of benzene rings is 1. The van der Waals surface area contributed by atoms with E-state index in [-0.39, 0.29) is 0 Å². The molecular formula is C12H10N4. The summed E-state index contributed by atoms with van der Waals surface area (Å²) in [4.78, 5) is 5.40. The first-order valence-corrected chi connectivity index (χ1v) is 4.98. The summed E-state index contributed by atoms with van der Waals surface area (Å²) in [7, 11) is 0. The maximum absolute atomic E-state index is 5.72. The Morgan fingerprint density at radius 3 is 2.69 bits per heavy atom. The van der Waals surface area contributed by atoms with E-state index in [1.165, 1.54) is 4.79 Å². The summed E-state index contributed by atoms with van der Waals surface area (Å²) < 4.78 is 0. The van der Waals surface area contributed by atoms with Gasteiger partial charge in [0.25, 0.3) is 0 Å². The maximum Gasteiger partial charge on any atom is 0.0922 e. The van der Waals surface area contributed by atoms with Crippen LogP contribution in [0.15, 0.2) is 48.9 Å². The van der Waals surface area contributed by atoms with Crippen molar-refractivity contribution in [2.24, 2.45) is 0 Å². The van der Waals surface area contributed by atoms with E-state index < -0.39 is 0 Å². The zero-order valence-corrected chi connectivity index (χ0v) is 8.54. The van der Waals surface area contributed by atoms with Gasteiger partial charge in [0.15, 0.2) is 0 Å². The zero-order chi connectivity index (χ0) is 11.0. The summed E-state index contributed by atoms with van der Waals surface area (Å²) in [6.07, 6.45) is 5.34. The molecule has 78 valence electrons. The van der Waals surface area contributed by atoms with Crippen molar-refractivity contribution < 1.29 is 0 Å². The van der Waals surface area contributed by atoms with Crippen LogP contribution in [0, 0.1) is 0 Å². The van der Waals surface area contributed by atoms with Crippen LogP contribution >= 0.6 is 0 Å². The van der Waals surface area contributed by atoms with Crippen molar-refractivity contribution in [3.05, 3.63) is 48.9 Å². The first kappa shape index (κ1) is 8.91. The molecule has 0 radical (unpaired) electrons. The molecule has 0 atom stereocenters. The lowest BCUT2D eigenvalue weighted by atomic mass is 10.0. The normalized spacial score (nSPS) is 10.8. The highest BCUT2D eigenvalue weighted by Gasteiger charge is 2.06. The van der Waals surface area contributed by atoms with Crippen LogP contribution in [0.1, 0.15) is 0 Å². The second-order valence-electron chi connectivity index (χ2n) is 3.56. The molecular weight excluding hydrogens is 200 g/mol. The molecule has 0 aliphatic heterocycles. The quantitative estimate of drug-likeness (QED) is 0.623. The van der Waals surface area contributed by atoms with Crippen molar-refractivity contribution in [3.8, 4) is 11.1 Å². The predicted molar refractivity (Wildman–Crippen MR) is 63.1 cm³/mol. The smallest absolute Gasteiger partial charge is 0.0922 e. The third-order valence-electron chi connectivity index (χ3n) is 2.63. The maximum atomic E-state index is 5.72. The standard InChI is InChI=1S/C12H10N4/c13-16-12-3-1-2-10(11(12)8-15-16)9-4-6-14-7-5-9/h1-8H,13H2. The van der Waals surface area contributed by atoms with Crippen LogP contribution in [-0.2, 0) is 0 Å². The van der Waals surface area contributed by atoms with E-state index in [9.17, 15) is 0 Å². The van der Waals surface area contributed by atoms with E-state index in [0.29, 0.717) is 0 Å². The fourth-order valence-electron chi connectivity index (χ4n) is 1.85. The molecule has 0 bridgehead atoms. The molecule has 1 aromatic carbocycles. The third kappa shape index (κ3) is 1.24. The van der Waals surface area contributed by atoms with Gasteiger partial charge in [-0.2, -0.15) is 9.89 Å². The average Bonchev–Trinajstić information content (AvgIpc) is 2.73. The van der Waals surface area contributed by atoms with Crippen molar-refractivity contribution >= 4 is 10.9 Å². The van der Waals surface area contributed by atoms with Crippen molar-refractivity contribution in [2.45, 2.75) is 0 Å². The van der Waals surface area contributed by atoms with Gasteiger partial charge in [-0.25, -0.2) is 0 Å². The molecule has 4 nitrogen and oxygen atoms in total. The molecule has 0 saturated carbocycles. The molecule has 0 amide bonds. The highest BCUT2D eigenvalue weighted by molar-refractivity contribution is 5.94. The van der Waals surface area contributed by atoms with Gasteiger partial charge in [-0.15, -0.1) is 0 Å². The lowest BCUT2D eigenvalue weighted by Crippen LogP contribution is -2.08. The van der Waals surface area contributed by atoms with E-state index in [1.807, 2.05) is 24.3 Å². The Kier molecular flexibility index (Phi) is 1.86. The van der Waals surface area contributed by atoms with E-state index in [4.69, 9.17) is 5.84 Å². The van der Waals surface area contributed by atoms with Crippen molar-refractivity contribution in [3.63, 3.8) is 0 Å². The second kappa shape index (κ2) is 3.34. The number of aromatic nitrogens is 3. The molecule has 0 spiro atoms. The first-order valence-electron chi connectivity index (χ1n) is 4.98. The number of nitrogen functional groups attached to an aromatic ring is 1. The van der Waals surface area contributed by atoms with Gasteiger partial charge in [0.1, 0.15) is 0 Å². The Morgan fingerprint density at radius 1 is 1.06 bits per heavy atom. The van der Waals surface area contributed by atoms with E-state index in [2.05, 4.69) is 16.1 Å². The highest BCUT2D eigenvalue weighted by atomic mass is 15.5. The first-order chi connectivity index (χ1) is 7.86. The highest BCUT2D eigenvalue weighted by Crippen LogP contribution is 2.27. The summed E-state index contributed by atoms with van der Waals surface area (Å²) in [5.74, 6) is 5.72. The Hall–Kier alpha value is -2.36. The Morgan fingerprint density at radius 2 is 1.88 bits per heavy atom. The van der Waals surface area contributed by atoms with Crippen LogP contribution in [0.5, 0.6) is 0 Å². The number of rotatable bonds is 1. The Bertz CT molecular complexity index is 628. The monoisotopic (exact) mass is 210 g/mol.